The minimum atomic E-state index is -0.407. The van der Waals surface area contributed by atoms with Gasteiger partial charge in [-0.1, -0.05) is 0 Å². The summed E-state index contributed by atoms with van der Waals surface area (Å²) in [5.74, 6) is -0.777. The number of hydrogen-bond acceptors (Lipinski definition) is 2. The van der Waals surface area contributed by atoms with Crippen LogP contribution in [0.25, 0.3) is 0 Å². The number of halogens is 2. The second-order valence-corrected chi connectivity index (χ2v) is 3.64. The van der Waals surface area contributed by atoms with Gasteiger partial charge in [-0.2, -0.15) is 0 Å². The summed E-state index contributed by atoms with van der Waals surface area (Å²) < 4.78 is 31.6. The summed E-state index contributed by atoms with van der Waals surface area (Å²) in [6.45, 7) is 2.14. The van der Waals surface area contributed by atoms with Gasteiger partial charge >= 0.3 is 0 Å². The molecule has 0 saturated carbocycles. The SMILES string of the molecule is Fc1ccc(F)c(CC2CNCCO2)c1. The highest BCUT2D eigenvalue weighted by molar-refractivity contribution is 5.19. The van der Waals surface area contributed by atoms with Crippen molar-refractivity contribution in [2.45, 2.75) is 12.5 Å². The number of benzene rings is 1. The molecule has 2 rings (SSSR count). The lowest BCUT2D eigenvalue weighted by Gasteiger charge is -2.23. The van der Waals surface area contributed by atoms with E-state index in [1.165, 1.54) is 6.07 Å². The molecule has 0 spiro atoms. The van der Waals surface area contributed by atoms with E-state index in [0.29, 0.717) is 25.1 Å². The zero-order valence-electron chi connectivity index (χ0n) is 8.30. The highest BCUT2D eigenvalue weighted by Gasteiger charge is 2.16. The quantitative estimate of drug-likeness (QED) is 0.803. The highest BCUT2D eigenvalue weighted by Crippen LogP contribution is 2.13. The van der Waals surface area contributed by atoms with E-state index >= 15 is 0 Å². The fraction of sp³-hybridized carbons (Fsp3) is 0.455. The Morgan fingerprint density at radius 3 is 3.00 bits per heavy atom. The molecular weight excluding hydrogens is 200 g/mol. The van der Waals surface area contributed by atoms with E-state index in [9.17, 15) is 8.78 Å². The number of ether oxygens (including phenoxy) is 1. The Bertz CT molecular complexity index is 337. The largest absolute Gasteiger partial charge is 0.375 e. The molecule has 0 amide bonds. The van der Waals surface area contributed by atoms with Crippen LogP contribution in [0.15, 0.2) is 18.2 Å². The first-order valence-corrected chi connectivity index (χ1v) is 5.02. The van der Waals surface area contributed by atoms with Crippen LogP contribution in [0.3, 0.4) is 0 Å². The summed E-state index contributed by atoms with van der Waals surface area (Å²) in [6.07, 6.45) is 0.353. The first-order valence-electron chi connectivity index (χ1n) is 5.02. The monoisotopic (exact) mass is 213 g/mol. The smallest absolute Gasteiger partial charge is 0.126 e. The lowest BCUT2D eigenvalue weighted by Crippen LogP contribution is -2.39. The average molecular weight is 213 g/mol. The maximum Gasteiger partial charge on any atom is 0.126 e. The molecule has 1 atom stereocenters. The summed E-state index contributed by atoms with van der Waals surface area (Å²) in [6, 6.07) is 3.51. The van der Waals surface area contributed by atoms with Crippen LogP contribution in [0, 0.1) is 11.6 Å². The van der Waals surface area contributed by atoms with Crippen molar-refractivity contribution in [1.82, 2.24) is 5.32 Å². The number of nitrogens with one attached hydrogen (secondary N) is 1. The van der Waals surface area contributed by atoms with Crippen LogP contribution in [-0.2, 0) is 11.2 Å². The van der Waals surface area contributed by atoms with Gasteiger partial charge in [0.15, 0.2) is 0 Å². The zero-order chi connectivity index (χ0) is 10.7. The van der Waals surface area contributed by atoms with Crippen LogP contribution < -0.4 is 5.32 Å². The molecule has 1 saturated heterocycles. The molecule has 82 valence electrons. The summed E-state index contributed by atoms with van der Waals surface area (Å²) in [7, 11) is 0. The summed E-state index contributed by atoms with van der Waals surface area (Å²) in [5, 5.41) is 3.15. The van der Waals surface area contributed by atoms with Crippen LogP contribution >= 0.6 is 0 Å². The summed E-state index contributed by atoms with van der Waals surface area (Å²) in [5.41, 5.74) is 0.378. The Labute approximate surface area is 87.2 Å². The topological polar surface area (TPSA) is 21.3 Å². The van der Waals surface area contributed by atoms with Gasteiger partial charge in [-0.05, 0) is 23.8 Å². The Hall–Kier alpha value is -1.00. The Morgan fingerprint density at radius 1 is 1.40 bits per heavy atom. The van der Waals surface area contributed by atoms with Crippen molar-refractivity contribution in [2.24, 2.45) is 0 Å². The molecule has 1 N–H and O–H groups in total. The molecule has 0 radical (unpaired) electrons. The van der Waals surface area contributed by atoms with Gasteiger partial charge in [-0.3, -0.25) is 0 Å². The third kappa shape index (κ3) is 2.73. The molecule has 1 aliphatic rings. The van der Waals surface area contributed by atoms with Gasteiger partial charge in [0.2, 0.25) is 0 Å². The molecule has 1 aromatic rings. The lowest BCUT2D eigenvalue weighted by atomic mass is 10.1. The summed E-state index contributed by atoms with van der Waals surface area (Å²) in [4.78, 5) is 0. The van der Waals surface area contributed by atoms with Crippen molar-refractivity contribution in [3.63, 3.8) is 0 Å². The number of morpholine rings is 1. The number of hydrogen-bond donors (Lipinski definition) is 1. The van der Waals surface area contributed by atoms with Gasteiger partial charge in [0, 0.05) is 19.5 Å². The molecular formula is C11H13F2NO. The average Bonchev–Trinajstić information content (AvgIpc) is 2.25. The molecule has 0 bridgehead atoms. The fourth-order valence-electron chi connectivity index (χ4n) is 1.70. The van der Waals surface area contributed by atoms with E-state index in [2.05, 4.69) is 5.32 Å². The predicted molar refractivity (Wildman–Crippen MR) is 52.7 cm³/mol. The predicted octanol–water partition coefficient (Wildman–Crippen LogP) is 1.50. The van der Waals surface area contributed by atoms with E-state index in [1.54, 1.807) is 0 Å². The van der Waals surface area contributed by atoms with Crippen molar-refractivity contribution in [3.05, 3.63) is 35.4 Å². The molecule has 2 nitrogen and oxygen atoms in total. The van der Waals surface area contributed by atoms with Gasteiger partial charge in [0.1, 0.15) is 11.6 Å². The molecule has 1 unspecified atom stereocenters. The molecule has 1 aromatic carbocycles. The molecule has 4 heteroatoms. The Balaban J connectivity index is 2.05. The highest BCUT2D eigenvalue weighted by atomic mass is 19.1. The Morgan fingerprint density at radius 2 is 2.27 bits per heavy atom. The first-order chi connectivity index (χ1) is 7.25. The second-order valence-electron chi connectivity index (χ2n) is 3.64. The zero-order valence-corrected chi connectivity index (χ0v) is 8.30. The second kappa shape index (κ2) is 4.68. The minimum Gasteiger partial charge on any atom is -0.375 e. The van der Waals surface area contributed by atoms with Crippen molar-refractivity contribution in [1.29, 1.82) is 0 Å². The van der Waals surface area contributed by atoms with Gasteiger partial charge in [0.05, 0.1) is 12.7 Å². The van der Waals surface area contributed by atoms with Gasteiger partial charge in [-0.15, -0.1) is 0 Å². The van der Waals surface area contributed by atoms with Gasteiger partial charge in [0.25, 0.3) is 0 Å². The molecule has 0 aliphatic carbocycles. The molecule has 0 aromatic heterocycles. The van der Waals surface area contributed by atoms with Crippen LogP contribution in [0.2, 0.25) is 0 Å². The van der Waals surface area contributed by atoms with Crippen LogP contribution in [0.1, 0.15) is 5.56 Å². The fourth-order valence-corrected chi connectivity index (χ4v) is 1.70. The standard InChI is InChI=1S/C11H13F2NO/c12-9-1-2-11(13)8(5-9)6-10-7-14-3-4-15-10/h1-2,5,10,14H,3-4,6-7H2. The van der Waals surface area contributed by atoms with Crippen molar-refractivity contribution in [3.8, 4) is 0 Å². The minimum absolute atomic E-state index is 0.0601. The normalized spacial score (nSPS) is 21.6. The maximum absolute atomic E-state index is 13.3. The number of rotatable bonds is 2. The van der Waals surface area contributed by atoms with E-state index in [0.717, 1.165) is 18.7 Å². The summed E-state index contributed by atoms with van der Waals surface area (Å²) >= 11 is 0. The van der Waals surface area contributed by atoms with Gasteiger partial charge in [-0.25, -0.2) is 8.78 Å². The third-order valence-electron chi connectivity index (χ3n) is 2.46. The molecule has 1 heterocycles. The van der Waals surface area contributed by atoms with E-state index < -0.39 is 5.82 Å². The molecule has 1 aliphatic heterocycles. The van der Waals surface area contributed by atoms with Crippen molar-refractivity contribution >= 4 is 0 Å². The first kappa shape index (κ1) is 10.5. The lowest BCUT2D eigenvalue weighted by molar-refractivity contribution is 0.0287. The Kier molecular flexibility index (Phi) is 3.28. The third-order valence-corrected chi connectivity index (χ3v) is 2.46. The van der Waals surface area contributed by atoms with Crippen LogP contribution in [0.4, 0.5) is 8.78 Å². The van der Waals surface area contributed by atoms with E-state index in [-0.39, 0.29) is 11.9 Å². The van der Waals surface area contributed by atoms with Crippen molar-refractivity contribution < 1.29 is 13.5 Å². The van der Waals surface area contributed by atoms with Gasteiger partial charge < -0.3 is 10.1 Å². The van der Waals surface area contributed by atoms with E-state index in [4.69, 9.17) is 4.74 Å². The molecule has 1 fully saturated rings. The van der Waals surface area contributed by atoms with E-state index in [1.807, 2.05) is 0 Å². The van der Waals surface area contributed by atoms with Crippen LogP contribution in [-0.4, -0.2) is 25.8 Å². The van der Waals surface area contributed by atoms with Crippen LogP contribution in [0.5, 0.6) is 0 Å². The molecule has 15 heavy (non-hydrogen) atoms. The van der Waals surface area contributed by atoms with Crippen molar-refractivity contribution in [2.75, 3.05) is 19.7 Å². The maximum atomic E-state index is 13.3.